The number of hydrogen-bond donors (Lipinski definition) is 0. The summed E-state index contributed by atoms with van der Waals surface area (Å²) in [7, 11) is 0. The van der Waals surface area contributed by atoms with E-state index in [0.29, 0.717) is 19.6 Å². The van der Waals surface area contributed by atoms with Gasteiger partial charge >= 0.3 is 6.09 Å². The van der Waals surface area contributed by atoms with E-state index in [2.05, 4.69) is 0 Å². The Kier molecular flexibility index (Phi) is 5.57. The van der Waals surface area contributed by atoms with Crippen molar-refractivity contribution >= 4 is 11.9 Å². The van der Waals surface area contributed by atoms with Crippen LogP contribution in [-0.2, 0) is 14.3 Å². The highest BCUT2D eigenvalue weighted by molar-refractivity contribution is 5.81. The number of carbonyl (C=O) groups is 2. The minimum atomic E-state index is -0.540. The molecule has 5 nitrogen and oxygen atoms in total. The van der Waals surface area contributed by atoms with Crippen molar-refractivity contribution < 1.29 is 19.1 Å². The quantitative estimate of drug-likeness (QED) is 0.800. The lowest BCUT2D eigenvalue weighted by atomic mass is 9.99. The summed E-state index contributed by atoms with van der Waals surface area (Å²) in [5, 5.41) is 0. The maximum atomic E-state index is 12.3. The van der Waals surface area contributed by atoms with Crippen molar-refractivity contribution in [2.75, 3.05) is 13.2 Å². The van der Waals surface area contributed by atoms with Crippen LogP contribution in [0.1, 0.15) is 48.0 Å². The van der Waals surface area contributed by atoms with Gasteiger partial charge in [0.1, 0.15) is 11.4 Å². The highest BCUT2D eigenvalue weighted by Gasteiger charge is 2.36. The zero-order valence-corrected chi connectivity index (χ0v) is 13.4. The Bertz CT molecular complexity index is 359. The lowest BCUT2D eigenvalue weighted by Gasteiger charge is -2.40. The topological polar surface area (TPSA) is 55.8 Å². The zero-order valence-electron chi connectivity index (χ0n) is 13.4. The second-order valence-corrected chi connectivity index (χ2v) is 6.75. The molecule has 20 heavy (non-hydrogen) atoms. The lowest BCUT2D eigenvalue weighted by molar-refractivity contribution is -0.125. The molecule has 116 valence electrons. The Morgan fingerprint density at radius 2 is 1.90 bits per heavy atom. The van der Waals surface area contributed by atoms with Crippen LogP contribution < -0.4 is 0 Å². The van der Waals surface area contributed by atoms with Crippen molar-refractivity contribution in [3.05, 3.63) is 0 Å². The van der Waals surface area contributed by atoms with E-state index in [9.17, 15) is 9.59 Å². The molecule has 1 amide bonds. The molecule has 1 aliphatic heterocycles. The lowest BCUT2D eigenvalue weighted by Crippen LogP contribution is -2.55. The van der Waals surface area contributed by atoms with Crippen molar-refractivity contribution in [3.63, 3.8) is 0 Å². The van der Waals surface area contributed by atoms with E-state index < -0.39 is 5.60 Å². The second kappa shape index (κ2) is 6.57. The molecule has 0 aromatic heterocycles. The number of amides is 1. The average Bonchev–Trinajstić information content (AvgIpc) is 2.26. The third-order valence-electron chi connectivity index (χ3n) is 3.22. The first-order valence-electron chi connectivity index (χ1n) is 7.23. The Morgan fingerprint density at radius 1 is 1.30 bits per heavy atom. The Balaban J connectivity index is 2.80. The fourth-order valence-corrected chi connectivity index (χ4v) is 2.16. The number of ketones is 1. The smallest absolute Gasteiger partial charge is 0.410 e. The van der Waals surface area contributed by atoms with Gasteiger partial charge in [-0.25, -0.2) is 4.79 Å². The van der Waals surface area contributed by atoms with Crippen LogP contribution in [0.15, 0.2) is 0 Å². The molecule has 0 aromatic rings. The summed E-state index contributed by atoms with van der Waals surface area (Å²) in [4.78, 5) is 25.9. The molecule has 0 bridgehead atoms. The Hall–Kier alpha value is -1.10. The predicted octanol–water partition coefficient (Wildman–Crippen LogP) is 2.63. The van der Waals surface area contributed by atoms with Crippen LogP contribution in [0.2, 0.25) is 0 Å². The molecule has 1 fully saturated rings. The van der Waals surface area contributed by atoms with Crippen LogP contribution in [0.3, 0.4) is 0 Å². The summed E-state index contributed by atoms with van der Waals surface area (Å²) in [6, 6.07) is -0.313. The summed E-state index contributed by atoms with van der Waals surface area (Å²) in [6.07, 6.45) is -0.0452. The molecule has 1 aliphatic rings. The van der Waals surface area contributed by atoms with Gasteiger partial charge in [-0.2, -0.15) is 0 Å². The van der Waals surface area contributed by atoms with Crippen molar-refractivity contribution in [1.82, 2.24) is 4.90 Å². The van der Waals surface area contributed by atoms with Gasteiger partial charge < -0.3 is 9.47 Å². The van der Waals surface area contributed by atoms with E-state index in [1.807, 2.05) is 41.5 Å². The Labute approximate surface area is 121 Å². The number of carbonyl (C=O) groups excluding carboxylic acids is 2. The fourth-order valence-electron chi connectivity index (χ4n) is 2.16. The molecule has 2 atom stereocenters. The molecule has 1 saturated heterocycles. The van der Waals surface area contributed by atoms with Gasteiger partial charge in [-0.1, -0.05) is 13.8 Å². The molecular formula is C15H27NO4. The Morgan fingerprint density at radius 3 is 2.40 bits per heavy atom. The van der Waals surface area contributed by atoms with Crippen LogP contribution in [0.25, 0.3) is 0 Å². The van der Waals surface area contributed by atoms with Crippen molar-refractivity contribution in [1.29, 1.82) is 0 Å². The average molecular weight is 285 g/mol. The number of morpholine rings is 1. The highest BCUT2D eigenvalue weighted by Crippen LogP contribution is 2.21. The van der Waals surface area contributed by atoms with Crippen LogP contribution in [0, 0.1) is 5.92 Å². The van der Waals surface area contributed by atoms with Crippen LogP contribution >= 0.6 is 0 Å². The van der Waals surface area contributed by atoms with E-state index in [1.54, 1.807) is 4.90 Å². The maximum absolute atomic E-state index is 12.3. The minimum Gasteiger partial charge on any atom is -0.444 e. The number of rotatable bonds is 3. The summed E-state index contributed by atoms with van der Waals surface area (Å²) in [6.45, 7) is 12.0. The van der Waals surface area contributed by atoms with E-state index in [0.717, 1.165) is 0 Å². The predicted molar refractivity (Wildman–Crippen MR) is 76.6 cm³/mol. The van der Waals surface area contributed by atoms with Gasteiger partial charge in [0, 0.05) is 12.3 Å². The fraction of sp³-hybridized carbons (Fsp3) is 0.867. The van der Waals surface area contributed by atoms with E-state index >= 15 is 0 Å². The van der Waals surface area contributed by atoms with E-state index in [4.69, 9.17) is 9.47 Å². The van der Waals surface area contributed by atoms with Gasteiger partial charge in [-0.15, -0.1) is 0 Å². The highest BCUT2D eigenvalue weighted by atomic mass is 16.6. The minimum absolute atomic E-state index is 0.0345. The molecule has 0 spiro atoms. The van der Waals surface area contributed by atoms with Gasteiger partial charge in [-0.05, 0) is 27.7 Å². The second-order valence-electron chi connectivity index (χ2n) is 6.75. The third-order valence-corrected chi connectivity index (χ3v) is 3.22. The molecule has 0 aromatic carbocycles. The van der Waals surface area contributed by atoms with Crippen molar-refractivity contribution in [3.8, 4) is 0 Å². The van der Waals surface area contributed by atoms with Gasteiger partial charge in [0.05, 0.1) is 25.3 Å². The molecule has 1 rings (SSSR count). The summed E-state index contributed by atoms with van der Waals surface area (Å²) < 4.78 is 10.9. The van der Waals surface area contributed by atoms with Gasteiger partial charge in [0.2, 0.25) is 0 Å². The van der Waals surface area contributed by atoms with Crippen molar-refractivity contribution in [2.45, 2.75) is 65.6 Å². The van der Waals surface area contributed by atoms with E-state index in [-0.39, 0.29) is 29.9 Å². The molecular weight excluding hydrogens is 258 g/mol. The van der Waals surface area contributed by atoms with Crippen LogP contribution in [0.5, 0.6) is 0 Å². The van der Waals surface area contributed by atoms with Crippen LogP contribution in [0.4, 0.5) is 4.79 Å². The largest absolute Gasteiger partial charge is 0.444 e. The first-order chi connectivity index (χ1) is 9.11. The third kappa shape index (κ3) is 4.78. The first-order valence-corrected chi connectivity index (χ1v) is 7.23. The summed E-state index contributed by atoms with van der Waals surface area (Å²) in [5.41, 5.74) is -0.540. The van der Waals surface area contributed by atoms with Crippen LogP contribution in [-0.4, -0.2) is 47.7 Å². The molecule has 1 heterocycles. The normalized spacial score (nSPS) is 23.9. The summed E-state index contributed by atoms with van der Waals surface area (Å²) >= 11 is 0. The molecule has 5 heteroatoms. The number of nitrogens with zero attached hydrogens (tertiary/aromatic N) is 1. The van der Waals surface area contributed by atoms with E-state index in [1.165, 1.54) is 0 Å². The number of Topliss-reactive ketones (excluding diaryl/α,β-unsaturated/α-hetero) is 1. The zero-order chi connectivity index (χ0) is 15.5. The standard InChI is InChI=1S/C15H27NO4/c1-10(2)13(17)7-12-9-19-8-11(3)16(12)14(18)20-15(4,5)6/h10-12H,7-9H2,1-6H3. The van der Waals surface area contributed by atoms with Crippen molar-refractivity contribution in [2.24, 2.45) is 5.92 Å². The van der Waals surface area contributed by atoms with Gasteiger partial charge in [0.15, 0.2) is 0 Å². The maximum Gasteiger partial charge on any atom is 0.410 e. The number of ether oxygens (including phenoxy) is 2. The van der Waals surface area contributed by atoms with Gasteiger partial charge in [-0.3, -0.25) is 9.69 Å². The molecule has 0 radical (unpaired) electrons. The SMILES string of the molecule is CC(C)C(=O)CC1COCC(C)N1C(=O)OC(C)(C)C. The molecule has 0 saturated carbocycles. The van der Waals surface area contributed by atoms with Gasteiger partial charge in [0.25, 0.3) is 0 Å². The molecule has 0 N–H and O–H groups in total. The molecule has 2 unspecified atom stereocenters. The number of hydrogen-bond acceptors (Lipinski definition) is 4. The monoisotopic (exact) mass is 285 g/mol. The first kappa shape index (κ1) is 17.0. The molecule has 0 aliphatic carbocycles. The summed E-state index contributed by atoms with van der Waals surface area (Å²) in [5.74, 6) is 0.106.